The molecule has 2 saturated heterocycles. The van der Waals surface area contributed by atoms with E-state index < -0.39 is 12.2 Å². The molecule has 122 valence electrons. The minimum Gasteiger partial charge on any atom is -0.389 e. The Kier molecular flexibility index (Phi) is 5.44. The third kappa shape index (κ3) is 4.06. The van der Waals surface area contributed by atoms with Crippen molar-refractivity contribution in [3.63, 3.8) is 0 Å². The van der Waals surface area contributed by atoms with Crippen molar-refractivity contribution in [2.45, 2.75) is 43.7 Å². The second-order valence-electron chi connectivity index (χ2n) is 6.52. The number of hydrogen-bond acceptors (Lipinski definition) is 5. The largest absolute Gasteiger partial charge is 0.389 e. The normalized spacial score (nSPS) is 30.7. The van der Waals surface area contributed by atoms with Crippen LogP contribution in [0, 0.1) is 0 Å². The second kappa shape index (κ2) is 7.53. The molecule has 0 radical (unpaired) electrons. The minimum atomic E-state index is -0.648. The summed E-state index contributed by atoms with van der Waals surface area (Å²) < 4.78 is 0. The fraction of sp³-hybridized carbons (Fsp3) is 0.647. The zero-order valence-electron chi connectivity index (χ0n) is 13.0. The first kappa shape index (κ1) is 15.9. The first-order valence-electron chi connectivity index (χ1n) is 8.31. The number of aliphatic hydroxyl groups excluding tert-OH is 2. The molecule has 2 fully saturated rings. The number of piperidine rings is 1. The molecule has 2 aliphatic rings. The van der Waals surface area contributed by atoms with Gasteiger partial charge in [0.1, 0.15) is 0 Å². The zero-order chi connectivity index (χ0) is 15.4. The molecule has 2 aliphatic heterocycles. The number of nitrogens with one attached hydrogen (secondary N) is 2. The molecule has 0 aliphatic carbocycles. The Morgan fingerprint density at radius 3 is 2.50 bits per heavy atom. The molecule has 0 bridgehead atoms. The van der Waals surface area contributed by atoms with E-state index in [0.29, 0.717) is 12.6 Å². The standard InChI is InChI=1S/C17H27N3O2/c21-16-11-19-15(17(16)22)10-18-14-6-8-20(9-7-14)12-13-4-2-1-3-5-13/h1-5,14-19,21-22H,6-12H2/t15-,16+,17-/m1/s1. The van der Waals surface area contributed by atoms with Gasteiger partial charge in [-0.25, -0.2) is 0 Å². The van der Waals surface area contributed by atoms with Gasteiger partial charge in [-0.15, -0.1) is 0 Å². The van der Waals surface area contributed by atoms with Gasteiger partial charge in [-0.05, 0) is 31.5 Å². The van der Waals surface area contributed by atoms with E-state index in [9.17, 15) is 10.2 Å². The maximum atomic E-state index is 9.83. The molecule has 5 heteroatoms. The fourth-order valence-electron chi connectivity index (χ4n) is 3.41. The predicted molar refractivity (Wildman–Crippen MR) is 86.5 cm³/mol. The van der Waals surface area contributed by atoms with Crippen LogP contribution < -0.4 is 10.6 Å². The first-order valence-corrected chi connectivity index (χ1v) is 8.31. The van der Waals surface area contributed by atoms with E-state index in [0.717, 1.165) is 39.0 Å². The maximum Gasteiger partial charge on any atom is 0.0976 e. The monoisotopic (exact) mass is 305 g/mol. The maximum absolute atomic E-state index is 9.83. The average molecular weight is 305 g/mol. The van der Waals surface area contributed by atoms with E-state index in [2.05, 4.69) is 45.9 Å². The topological polar surface area (TPSA) is 67.8 Å². The second-order valence-corrected chi connectivity index (χ2v) is 6.52. The molecule has 4 N–H and O–H groups in total. The molecule has 22 heavy (non-hydrogen) atoms. The number of aliphatic hydroxyl groups is 2. The van der Waals surface area contributed by atoms with Crippen LogP contribution in [0.5, 0.6) is 0 Å². The smallest absolute Gasteiger partial charge is 0.0976 e. The Hall–Kier alpha value is -0.980. The lowest BCUT2D eigenvalue weighted by atomic mass is 10.0. The highest BCUT2D eigenvalue weighted by atomic mass is 16.3. The molecule has 2 heterocycles. The van der Waals surface area contributed by atoms with Crippen LogP contribution in [0.15, 0.2) is 30.3 Å². The number of β-amino-alcohol motifs (C(OH)–C–C–N with tert-alkyl or cyclic N) is 1. The Morgan fingerprint density at radius 1 is 1.14 bits per heavy atom. The highest BCUT2D eigenvalue weighted by molar-refractivity contribution is 5.14. The number of rotatable bonds is 5. The third-order valence-corrected chi connectivity index (χ3v) is 4.86. The third-order valence-electron chi connectivity index (χ3n) is 4.86. The summed E-state index contributed by atoms with van der Waals surface area (Å²) in [6.45, 7) is 4.46. The Labute approximate surface area is 132 Å². The Morgan fingerprint density at radius 2 is 1.86 bits per heavy atom. The van der Waals surface area contributed by atoms with Crippen molar-refractivity contribution in [1.82, 2.24) is 15.5 Å². The quantitative estimate of drug-likeness (QED) is 0.613. The van der Waals surface area contributed by atoms with Crippen LogP contribution in [-0.4, -0.2) is 65.6 Å². The molecule has 0 aromatic heterocycles. The zero-order valence-corrected chi connectivity index (χ0v) is 13.0. The first-order chi connectivity index (χ1) is 10.7. The Bertz CT molecular complexity index is 448. The van der Waals surface area contributed by atoms with Crippen molar-refractivity contribution in [2.75, 3.05) is 26.2 Å². The summed E-state index contributed by atoms with van der Waals surface area (Å²) >= 11 is 0. The number of nitrogens with zero attached hydrogens (tertiary/aromatic N) is 1. The van der Waals surface area contributed by atoms with Crippen molar-refractivity contribution in [3.05, 3.63) is 35.9 Å². The van der Waals surface area contributed by atoms with Crippen molar-refractivity contribution < 1.29 is 10.2 Å². The summed E-state index contributed by atoms with van der Waals surface area (Å²) in [6, 6.07) is 11.1. The van der Waals surface area contributed by atoms with Crippen molar-refractivity contribution in [1.29, 1.82) is 0 Å². The van der Waals surface area contributed by atoms with E-state index in [4.69, 9.17) is 0 Å². The predicted octanol–water partition coefficient (Wildman–Crippen LogP) is -0.0658. The molecule has 0 saturated carbocycles. The summed E-state index contributed by atoms with van der Waals surface area (Å²) in [7, 11) is 0. The van der Waals surface area contributed by atoms with Gasteiger partial charge >= 0.3 is 0 Å². The van der Waals surface area contributed by atoms with E-state index in [-0.39, 0.29) is 6.04 Å². The fourth-order valence-corrected chi connectivity index (χ4v) is 3.41. The lowest BCUT2D eigenvalue weighted by Gasteiger charge is -2.33. The molecule has 1 aromatic carbocycles. The van der Waals surface area contributed by atoms with Gasteiger partial charge in [0.25, 0.3) is 0 Å². The summed E-state index contributed by atoms with van der Waals surface area (Å²) in [5, 5.41) is 26.1. The summed E-state index contributed by atoms with van der Waals surface area (Å²) in [5.41, 5.74) is 1.38. The van der Waals surface area contributed by atoms with E-state index in [1.807, 2.05) is 0 Å². The van der Waals surface area contributed by atoms with Gasteiger partial charge in [-0.1, -0.05) is 30.3 Å². The summed E-state index contributed by atoms with van der Waals surface area (Å²) in [6.07, 6.45) is 1.00. The SMILES string of the molecule is O[C@H]1[C@@H](O)CN[C@@H]1CNC1CCN(Cc2ccccc2)CC1. The number of likely N-dealkylation sites (tertiary alicyclic amines) is 1. The van der Waals surface area contributed by atoms with Crippen LogP contribution in [0.4, 0.5) is 0 Å². The van der Waals surface area contributed by atoms with Crippen molar-refractivity contribution in [3.8, 4) is 0 Å². The molecule has 1 aromatic rings. The van der Waals surface area contributed by atoms with E-state index >= 15 is 0 Å². The van der Waals surface area contributed by atoms with Gasteiger partial charge in [-0.3, -0.25) is 4.90 Å². The number of hydrogen-bond donors (Lipinski definition) is 4. The van der Waals surface area contributed by atoms with Crippen LogP contribution in [0.2, 0.25) is 0 Å². The van der Waals surface area contributed by atoms with Crippen LogP contribution in [0.25, 0.3) is 0 Å². The molecule has 0 unspecified atom stereocenters. The Balaban J connectivity index is 1.37. The van der Waals surface area contributed by atoms with Crippen LogP contribution in [-0.2, 0) is 6.54 Å². The molecule has 0 spiro atoms. The molecule has 3 atom stereocenters. The van der Waals surface area contributed by atoms with Crippen LogP contribution >= 0.6 is 0 Å². The molecule has 0 amide bonds. The summed E-state index contributed by atoms with van der Waals surface area (Å²) in [4.78, 5) is 2.50. The van der Waals surface area contributed by atoms with Gasteiger partial charge < -0.3 is 20.8 Å². The number of benzene rings is 1. The molecular weight excluding hydrogens is 278 g/mol. The van der Waals surface area contributed by atoms with Crippen LogP contribution in [0.3, 0.4) is 0 Å². The summed E-state index contributed by atoms with van der Waals surface area (Å²) in [5.74, 6) is 0. The minimum absolute atomic E-state index is 0.0302. The van der Waals surface area contributed by atoms with Crippen molar-refractivity contribution >= 4 is 0 Å². The molecular formula is C17H27N3O2. The van der Waals surface area contributed by atoms with Gasteiger partial charge in [0.05, 0.1) is 12.2 Å². The van der Waals surface area contributed by atoms with Gasteiger partial charge in [0.2, 0.25) is 0 Å². The highest BCUT2D eigenvalue weighted by Gasteiger charge is 2.33. The van der Waals surface area contributed by atoms with Crippen LogP contribution in [0.1, 0.15) is 18.4 Å². The van der Waals surface area contributed by atoms with E-state index in [1.165, 1.54) is 5.56 Å². The van der Waals surface area contributed by atoms with Gasteiger partial charge in [0, 0.05) is 31.7 Å². The lowest BCUT2D eigenvalue weighted by molar-refractivity contribution is 0.0398. The highest BCUT2D eigenvalue weighted by Crippen LogP contribution is 2.14. The average Bonchev–Trinajstić information content (AvgIpc) is 2.87. The molecule has 5 nitrogen and oxygen atoms in total. The van der Waals surface area contributed by atoms with E-state index in [1.54, 1.807) is 0 Å². The van der Waals surface area contributed by atoms with Crippen molar-refractivity contribution in [2.24, 2.45) is 0 Å². The molecule has 3 rings (SSSR count). The van der Waals surface area contributed by atoms with Gasteiger partial charge in [-0.2, -0.15) is 0 Å². The van der Waals surface area contributed by atoms with Gasteiger partial charge in [0.15, 0.2) is 0 Å². The lowest BCUT2D eigenvalue weighted by Crippen LogP contribution is -2.48.